The Balaban J connectivity index is 0.00000267. The van der Waals surface area contributed by atoms with Crippen molar-refractivity contribution in [3.8, 4) is 11.5 Å². The van der Waals surface area contributed by atoms with Gasteiger partial charge in [-0.15, -0.1) is 0 Å². The van der Waals surface area contributed by atoms with Crippen LogP contribution in [0.25, 0.3) is 10.9 Å². The van der Waals surface area contributed by atoms with Gasteiger partial charge >= 0.3 is 0 Å². The van der Waals surface area contributed by atoms with Crippen LogP contribution in [-0.4, -0.2) is 28.2 Å². The van der Waals surface area contributed by atoms with E-state index in [0.717, 1.165) is 37.0 Å². The number of nitrogens with zero attached hydrogens (tertiary/aromatic N) is 2. The number of aromatic nitrogens is 1. The lowest BCUT2D eigenvalue weighted by molar-refractivity contribution is 0.145. The number of aryl methyl sites for hydroxylation is 1. The minimum atomic E-state index is -0.220. The Kier molecular flexibility index (Phi) is 6.49. The van der Waals surface area contributed by atoms with E-state index in [4.69, 9.17) is 9.47 Å². The first-order valence-corrected chi connectivity index (χ1v) is 12.1. The number of hydrogen-bond acceptors (Lipinski definition) is 4. The molecule has 6 rings (SSSR count). The Morgan fingerprint density at radius 1 is 1.08 bits per heavy atom. The predicted octanol–water partition coefficient (Wildman–Crippen LogP) is 5.92. The van der Waals surface area contributed by atoms with Crippen LogP contribution in [0.1, 0.15) is 47.0 Å². The van der Waals surface area contributed by atoms with E-state index in [1.54, 1.807) is 20.1 Å². The molecule has 0 amide bonds. The van der Waals surface area contributed by atoms with Crippen molar-refractivity contribution in [2.24, 2.45) is 0 Å². The van der Waals surface area contributed by atoms with Crippen LogP contribution in [0.2, 0.25) is 0 Å². The highest BCUT2D eigenvalue weighted by Gasteiger charge is 2.35. The van der Waals surface area contributed by atoms with Crippen LogP contribution < -0.4 is 9.47 Å². The fourth-order valence-electron chi connectivity index (χ4n) is 5.73. The second kappa shape index (κ2) is 9.60. The molecule has 0 radical (unpaired) electrons. The van der Waals surface area contributed by atoms with Gasteiger partial charge in [-0.05, 0) is 71.8 Å². The summed E-state index contributed by atoms with van der Waals surface area (Å²) in [6.07, 6.45) is 1.81. The van der Waals surface area contributed by atoms with Crippen molar-refractivity contribution in [3.05, 3.63) is 93.9 Å². The summed E-state index contributed by atoms with van der Waals surface area (Å²) in [6.45, 7) is 3.79. The molecule has 0 saturated heterocycles. The lowest BCUT2D eigenvalue weighted by Crippen LogP contribution is -2.39. The van der Waals surface area contributed by atoms with Gasteiger partial charge in [0, 0.05) is 30.2 Å². The Morgan fingerprint density at radius 2 is 1.92 bits per heavy atom. The van der Waals surface area contributed by atoms with Crippen LogP contribution in [0.4, 0.5) is 4.39 Å². The number of hydrogen-bond donors (Lipinski definition) is 1. The van der Waals surface area contributed by atoms with Crippen molar-refractivity contribution in [3.63, 3.8) is 0 Å². The standard InChI is InChI=1S/C29H29FN2O3.CH4/c1-18-7-8-19(11-24(18)30)16-35-29-12-20-9-10-31-15-27-23(13-26(31)22(20)14-28(29)34-2)21-5-3-4-6-25(21)32(27)17-33;/h3-8,11-12,14,26,33H,9-10,13,15-17H2,1-2H3;1H4. The highest BCUT2D eigenvalue weighted by Crippen LogP contribution is 2.44. The summed E-state index contributed by atoms with van der Waals surface area (Å²) in [5, 5.41) is 11.3. The molecule has 2 aliphatic rings. The summed E-state index contributed by atoms with van der Waals surface area (Å²) >= 11 is 0. The highest BCUT2D eigenvalue weighted by molar-refractivity contribution is 5.86. The van der Waals surface area contributed by atoms with E-state index >= 15 is 0 Å². The monoisotopic (exact) mass is 488 g/mol. The zero-order chi connectivity index (χ0) is 24.1. The first-order valence-electron chi connectivity index (χ1n) is 12.1. The second-order valence-corrected chi connectivity index (χ2v) is 9.53. The van der Waals surface area contributed by atoms with E-state index in [1.807, 2.05) is 16.7 Å². The fraction of sp³-hybridized carbons (Fsp3) is 0.333. The SMILES string of the molecule is C.COc1cc2c(cc1OCc1ccc(C)c(F)c1)CCN1Cc3c(c4ccccc4n3CO)CC21. The Hall–Kier alpha value is -3.35. The molecule has 0 saturated carbocycles. The maximum atomic E-state index is 14.0. The second-order valence-electron chi connectivity index (χ2n) is 9.53. The van der Waals surface area contributed by atoms with Gasteiger partial charge in [-0.2, -0.15) is 0 Å². The van der Waals surface area contributed by atoms with Gasteiger partial charge in [-0.25, -0.2) is 4.39 Å². The van der Waals surface area contributed by atoms with Gasteiger partial charge < -0.3 is 19.1 Å². The quantitative estimate of drug-likeness (QED) is 0.379. The number of fused-ring (bicyclic) bond motifs is 6. The molecule has 1 atom stereocenters. The number of aliphatic hydroxyl groups excluding tert-OH is 1. The summed E-state index contributed by atoms with van der Waals surface area (Å²) in [4.78, 5) is 2.50. The van der Waals surface area contributed by atoms with Crippen molar-refractivity contribution in [2.75, 3.05) is 13.7 Å². The third-order valence-electron chi connectivity index (χ3n) is 7.61. The molecule has 0 aliphatic carbocycles. The van der Waals surface area contributed by atoms with Crippen LogP contribution in [-0.2, 0) is 32.7 Å². The molecular weight excluding hydrogens is 455 g/mol. The van der Waals surface area contributed by atoms with E-state index in [-0.39, 0.29) is 32.6 Å². The number of ether oxygens (including phenoxy) is 2. The third kappa shape index (κ3) is 3.94. The Morgan fingerprint density at radius 3 is 2.69 bits per heavy atom. The van der Waals surface area contributed by atoms with Crippen molar-refractivity contribution < 1.29 is 19.0 Å². The molecular formula is C30H33FN2O3. The molecule has 6 heteroatoms. The van der Waals surface area contributed by atoms with E-state index in [9.17, 15) is 9.50 Å². The lowest BCUT2D eigenvalue weighted by Gasteiger charge is -2.41. The molecule has 1 aromatic heterocycles. The number of benzene rings is 3. The molecule has 0 bridgehead atoms. The van der Waals surface area contributed by atoms with Gasteiger partial charge in [-0.1, -0.05) is 37.8 Å². The molecule has 36 heavy (non-hydrogen) atoms. The maximum absolute atomic E-state index is 14.0. The van der Waals surface area contributed by atoms with Gasteiger partial charge in [0.1, 0.15) is 19.2 Å². The van der Waals surface area contributed by atoms with E-state index in [1.165, 1.54) is 33.8 Å². The highest BCUT2D eigenvalue weighted by atomic mass is 19.1. The average Bonchev–Trinajstić information content (AvgIpc) is 3.20. The summed E-state index contributed by atoms with van der Waals surface area (Å²) in [5.41, 5.74) is 7.59. The van der Waals surface area contributed by atoms with Crippen molar-refractivity contribution in [1.82, 2.24) is 9.47 Å². The third-order valence-corrected chi connectivity index (χ3v) is 7.61. The Bertz CT molecular complexity index is 1430. The van der Waals surface area contributed by atoms with Gasteiger partial charge in [0.15, 0.2) is 11.5 Å². The van der Waals surface area contributed by atoms with Crippen molar-refractivity contribution >= 4 is 10.9 Å². The number of rotatable bonds is 5. The molecule has 188 valence electrons. The topological polar surface area (TPSA) is 46.9 Å². The number of aliphatic hydroxyl groups is 1. The largest absolute Gasteiger partial charge is 0.493 e. The smallest absolute Gasteiger partial charge is 0.161 e. The minimum Gasteiger partial charge on any atom is -0.493 e. The molecule has 2 aliphatic heterocycles. The predicted molar refractivity (Wildman–Crippen MR) is 140 cm³/mol. The first-order chi connectivity index (χ1) is 17.1. The zero-order valence-electron chi connectivity index (χ0n) is 20.1. The normalized spacial score (nSPS) is 16.6. The van der Waals surface area contributed by atoms with Gasteiger partial charge in [0.25, 0.3) is 0 Å². The fourth-order valence-corrected chi connectivity index (χ4v) is 5.73. The summed E-state index contributed by atoms with van der Waals surface area (Å²) in [5.74, 6) is 1.17. The molecule has 5 nitrogen and oxygen atoms in total. The molecule has 0 spiro atoms. The summed E-state index contributed by atoms with van der Waals surface area (Å²) in [7, 11) is 1.66. The van der Waals surface area contributed by atoms with E-state index in [0.29, 0.717) is 17.1 Å². The molecule has 0 fully saturated rings. The van der Waals surface area contributed by atoms with Gasteiger partial charge in [0.05, 0.1) is 12.6 Å². The van der Waals surface area contributed by atoms with Gasteiger partial charge in [-0.3, -0.25) is 4.90 Å². The number of para-hydroxylation sites is 1. The van der Waals surface area contributed by atoms with E-state index < -0.39 is 0 Å². The summed E-state index contributed by atoms with van der Waals surface area (Å²) in [6, 6.07) is 18.0. The van der Waals surface area contributed by atoms with Crippen LogP contribution in [0.5, 0.6) is 11.5 Å². The maximum Gasteiger partial charge on any atom is 0.161 e. The molecule has 3 heterocycles. The Labute approximate surface area is 211 Å². The first kappa shape index (κ1) is 24.3. The van der Waals surface area contributed by atoms with Crippen molar-refractivity contribution in [1.29, 1.82) is 0 Å². The van der Waals surface area contributed by atoms with Crippen LogP contribution in [0.3, 0.4) is 0 Å². The van der Waals surface area contributed by atoms with Crippen LogP contribution >= 0.6 is 0 Å². The molecule has 1 N–H and O–H groups in total. The van der Waals surface area contributed by atoms with Crippen molar-refractivity contribution in [2.45, 2.75) is 53.1 Å². The number of methoxy groups -OCH3 is 1. The molecule has 4 aromatic rings. The average molecular weight is 489 g/mol. The molecule has 1 unspecified atom stereocenters. The minimum absolute atomic E-state index is 0. The number of halogens is 1. The van der Waals surface area contributed by atoms with Crippen LogP contribution in [0.15, 0.2) is 54.6 Å². The van der Waals surface area contributed by atoms with E-state index in [2.05, 4.69) is 35.2 Å². The zero-order valence-corrected chi connectivity index (χ0v) is 20.1. The summed E-state index contributed by atoms with van der Waals surface area (Å²) < 4.78 is 27.8. The van der Waals surface area contributed by atoms with Gasteiger partial charge in [0.2, 0.25) is 0 Å². The molecule has 3 aromatic carbocycles. The lowest BCUT2D eigenvalue weighted by atomic mass is 9.85. The van der Waals surface area contributed by atoms with Crippen LogP contribution in [0, 0.1) is 12.7 Å².